The van der Waals surface area contributed by atoms with E-state index in [0.717, 1.165) is 33.1 Å². The summed E-state index contributed by atoms with van der Waals surface area (Å²) in [4.78, 5) is 8.55. The summed E-state index contributed by atoms with van der Waals surface area (Å²) < 4.78 is 2.94. The van der Waals surface area contributed by atoms with Gasteiger partial charge in [-0.2, -0.15) is 5.10 Å². The Labute approximate surface area is 109 Å². The van der Waals surface area contributed by atoms with Crippen LogP contribution in [-0.4, -0.2) is 19.7 Å². The van der Waals surface area contributed by atoms with Gasteiger partial charge in [0.2, 0.25) is 0 Å². The number of anilines is 2. The lowest BCUT2D eigenvalue weighted by Gasteiger charge is -2.06. The smallest absolute Gasteiger partial charge is 0.151 e. The fourth-order valence-corrected chi connectivity index (χ4v) is 2.74. The first-order valence-electron chi connectivity index (χ1n) is 5.62. The lowest BCUT2D eigenvalue weighted by Crippen LogP contribution is -1.97. The van der Waals surface area contributed by atoms with E-state index in [-0.39, 0.29) is 0 Å². The molecular formula is C12H13N5S. The van der Waals surface area contributed by atoms with Crippen LogP contribution in [0.5, 0.6) is 0 Å². The lowest BCUT2D eigenvalue weighted by molar-refractivity contribution is 0.731. The van der Waals surface area contributed by atoms with Gasteiger partial charge in [-0.3, -0.25) is 4.68 Å². The van der Waals surface area contributed by atoms with Crippen molar-refractivity contribution in [2.24, 2.45) is 7.05 Å². The Balaban J connectivity index is 2.09. The third-order valence-electron chi connectivity index (χ3n) is 3.00. The molecule has 6 heteroatoms. The van der Waals surface area contributed by atoms with Gasteiger partial charge in [-0.05, 0) is 25.3 Å². The van der Waals surface area contributed by atoms with Gasteiger partial charge in [0.15, 0.2) is 5.82 Å². The molecule has 0 spiro atoms. The molecule has 0 saturated carbocycles. The molecule has 1 N–H and O–H groups in total. The van der Waals surface area contributed by atoms with Gasteiger partial charge < -0.3 is 5.32 Å². The second-order valence-corrected chi connectivity index (χ2v) is 5.07. The molecular weight excluding hydrogens is 246 g/mol. The van der Waals surface area contributed by atoms with E-state index in [0.29, 0.717) is 0 Å². The highest BCUT2D eigenvalue weighted by Gasteiger charge is 2.12. The average molecular weight is 259 g/mol. The molecule has 0 atom stereocenters. The van der Waals surface area contributed by atoms with Gasteiger partial charge in [-0.1, -0.05) is 0 Å². The van der Waals surface area contributed by atoms with Crippen LogP contribution >= 0.6 is 11.3 Å². The number of nitrogens with one attached hydrogen (secondary N) is 1. The molecule has 0 aliphatic heterocycles. The monoisotopic (exact) mass is 259 g/mol. The summed E-state index contributed by atoms with van der Waals surface area (Å²) in [6.07, 6.45) is 1.58. The molecule has 3 aromatic rings. The van der Waals surface area contributed by atoms with Crippen LogP contribution in [0.4, 0.5) is 11.5 Å². The standard InChI is InChI=1S/C12H13N5S/c1-7-10(8(2)17(3)16-7)15-12-11-9(4-5-18-11)13-6-14-12/h4-6H,1-3H3,(H,13,14,15). The molecule has 0 saturated heterocycles. The van der Waals surface area contributed by atoms with Gasteiger partial charge in [0.05, 0.1) is 27.3 Å². The normalized spacial score (nSPS) is 11.1. The van der Waals surface area contributed by atoms with E-state index in [1.165, 1.54) is 0 Å². The maximum absolute atomic E-state index is 4.39. The summed E-state index contributed by atoms with van der Waals surface area (Å²) in [6.45, 7) is 4.03. The first-order chi connectivity index (χ1) is 8.66. The molecule has 92 valence electrons. The van der Waals surface area contributed by atoms with Gasteiger partial charge in [0.25, 0.3) is 0 Å². The van der Waals surface area contributed by atoms with Gasteiger partial charge in [-0.15, -0.1) is 11.3 Å². The first-order valence-corrected chi connectivity index (χ1v) is 6.50. The molecule has 18 heavy (non-hydrogen) atoms. The van der Waals surface area contributed by atoms with Crippen LogP contribution in [-0.2, 0) is 7.05 Å². The highest BCUT2D eigenvalue weighted by Crippen LogP contribution is 2.29. The summed E-state index contributed by atoms with van der Waals surface area (Å²) in [5.74, 6) is 0.842. The van der Waals surface area contributed by atoms with Crippen LogP contribution in [0.1, 0.15) is 11.4 Å². The Morgan fingerprint density at radius 2 is 2.11 bits per heavy atom. The number of hydrogen-bond acceptors (Lipinski definition) is 5. The largest absolute Gasteiger partial charge is 0.336 e. The van der Waals surface area contributed by atoms with E-state index in [4.69, 9.17) is 0 Å². The molecule has 0 aliphatic carbocycles. The number of fused-ring (bicyclic) bond motifs is 1. The number of hydrogen-bond donors (Lipinski definition) is 1. The summed E-state index contributed by atoms with van der Waals surface area (Å²) in [5.41, 5.74) is 4.05. The molecule has 0 amide bonds. The van der Waals surface area contributed by atoms with Crippen LogP contribution in [0.3, 0.4) is 0 Å². The van der Waals surface area contributed by atoms with E-state index in [1.807, 2.05) is 37.0 Å². The molecule has 3 aromatic heterocycles. The molecule has 3 rings (SSSR count). The van der Waals surface area contributed by atoms with Crippen molar-refractivity contribution in [1.82, 2.24) is 19.7 Å². The number of aromatic nitrogens is 4. The molecule has 0 radical (unpaired) electrons. The zero-order chi connectivity index (χ0) is 12.7. The molecule has 0 aromatic carbocycles. The predicted octanol–water partition coefficient (Wildman–Crippen LogP) is 2.79. The number of aryl methyl sites for hydroxylation is 2. The first kappa shape index (κ1) is 11.2. The Hall–Kier alpha value is -1.95. The van der Waals surface area contributed by atoms with Gasteiger partial charge in [0, 0.05) is 7.05 Å². The average Bonchev–Trinajstić information content (AvgIpc) is 2.91. The second kappa shape index (κ2) is 4.06. The van der Waals surface area contributed by atoms with Gasteiger partial charge in [-0.25, -0.2) is 9.97 Å². The lowest BCUT2D eigenvalue weighted by atomic mass is 10.3. The topological polar surface area (TPSA) is 55.6 Å². The van der Waals surface area contributed by atoms with E-state index in [1.54, 1.807) is 17.7 Å². The third kappa shape index (κ3) is 1.65. The quantitative estimate of drug-likeness (QED) is 0.769. The molecule has 0 fully saturated rings. The highest BCUT2D eigenvalue weighted by molar-refractivity contribution is 7.17. The fraction of sp³-hybridized carbons (Fsp3) is 0.250. The molecule has 5 nitrogen and oxygen atoms in total. The highest BCUT2D eigenvalue weighted by atomic mass is 32.1. The Bertz CT molecular complexity index is 712. The zero-order valence-electron chi connectivity index (χ0n) is 10.4. The minimum atomic E-state index is 0.842. The van der Waals surface area contributed by atoms with Gasteiger partial charge >= 0.3 is 0 Å². The van der Waals surface area contributed by atoms with Crippen molar-refractivity contribution in [1.29, 1.82) is 0 Å². The van der Waals surface area contributed by atoms with Crippen LogP contribution in [0, 0.1) is 13.8 Å². The Kier molecular flexibility index (Phi) is 2.52. The van der Waals surface area contributed by atoms with Crippen LogP contribution in [0.2, 0.25) is 0 Å². The summed E-state index contributed by atoms with van der Waals surface area (Å²) >= 11 is 1.64. The Morgan fingerprint density at radius 3 is 2.83 bits per heavy atom. The fourth-order valence-electron chi connectivity index (χ4n) is 1.95. The van der Waals surface area contributed by atoms with Crippen molar-refractivity contribution < 1.29 is 0 Å². The van der Waals surface area contributed by atoms with Crippen molar-refractivity contribution in [2.45, 2.75) is 13.8 Å². The van der Waals surface area contributed by atoms with Crippen molar-refractivity contribution in [3.05, 3.63) is 29.2 Å². The number of rotatable bonds is 2. The summed E-state index contributed by atoms with van der Waals surface area (Å²) in [7, 11) is 1.94. The summed E-state index contributed by atoms with van der Waals surface area (Å²) in [5, 5.41) is 9.78. The van der Waals surface area contributed by atoms with Crippen molar-refractivity contribution >= 4 is 33.1 Å². The third-order valence-corrected chi connectivity index (χ3v) is 3.91. The van der Waals surface area contributed by atoms with Crippen LogP contribution < -0.4 is 5.32 Å². The number of nitrogens with zero attached hydrogens (tertiary/aromatic N) is 4. The van der Waals surface area contributed by atoms with E-state index in [9.17, 15) is 0 Å². The van der Waals surface area contributed by atoms with E-state index in [2.05, 4.69) is 20.4 Å². The zero-order valence-corrected chi connectivity index (χ0v) is 11.2. The van der Waals surface area contributed by atoms with E-state index >= 15 is 0 Å². The Morgan fingerprint density at radius 1 is 1.28 bits per heavy atom. The maximum atomic E-state index is 4.39. The molecule has 3 heterocycles. The predicted molar refractivity (Wildman–Crippen MR) is 73.4 cm³/mol. The molecule has 0 aliphatic rings. The van der Waals surface area contributed by atoms with Crippen LogP contribution in [0.25, 0.3) is 10.2 Å². The van der Waals surface area contributed by atoms with Crippen molar-refractivity contribution in [2.75, 3.05) is 5.32 Å². The van der Waals surface area contributed by atoms with Crippen LogP contribution in [0.15, 0.2) is 17.8 Å². The minimum Gasteiger partial charge on any atom is -0.336 e. The molecule has 0 bridgehead atoms. The summed E-state index contributed by atoms with van der Waals surface area (Å²) in [6, 6.07) is 2.00. The SMILES string of the molecule is Cc1nn(C)c(C)c1Nc1ncnc2ccsc12. The molecule has 0 unspecified atom stereocenters. The van der Waals surface area contributed by atoms with Gasteiger partial charge in [0.1, 0.15) is 6.33 Å². The van der Waals surface area contributed by atoms with E-state index < -0.39 is 0 Å². The van der Waals surface area contributed by atoms with Crippen molar-refractivity contribution in [3.63, 3.8) is 0 Å². The maximum Gasteiger partial charge on any atom is 0.151 e. The number of thiophene rings is 1. The van der Waals surface area contributed by atoms with Crippen molar-refractivity contribution in [3.8, 4) is 0 Å². The minimum absolute atomic E-state index is 0.842. The second-order valence-electron chi connectivity index (χ2n) is 4.15.